The minimum Gasteiger partial charge on any atom is -0.496 e. The van der Waals surface area contributed by atoms with Gasteiger partial charge in [0, 0.05) is 23.6 Å². The fourth-order valence-electron chi connectivity index (χ4n) is 3.29. The molecule has 4 nitrogen and oxygen atoms in total. The van der Waals surface area contributed by atoms with Gasteiger partial charge < -0.3 is 19.9 Å². The smallest absolute Gasteiger partial charge is 0.165 e. The first kappa shape index (κ1) is 12.6. The first-order valence-electron chi connectivity index (χ1n) is 6.97. The molecule has 1 aliphatic heterocycles. The summed E-state index contributed by atoms with van der Waals surface area (Å²) >= 11 is 0. The van der Waals surface area contributed by atoms with Crippen molar-refractivity contribution in [3.63, 3.8) is 0 Å². The second-order valence-electron chi connectivity index (χ2n) is 5.39. The number of hydrogen-bond acceptors (Lipinski definition) is 4. The molecule has 0 atom stereocenters. The molecule has 19 heavy (non-hydrogen) atoms. The highest BCUT2D eigenvalue weighted by Crippen LogP contribution is 2.48. The summed E-state index contributed by atoms with van der Waals surface area (Å²) in [5, 5.41) is 0. The normalized spacial score (nSPS) is 20.3. The lowest BCUT2D eigenvalue weighted by Gasteiger charge is -2.31. The van der Waals surface area contributed by atoms with Gasteiger partial charge in [-0.25, -0.2) is 0 Å². The van der Waals surface area contributed by atoms with Gasteiger partial charge in [-0.3, -0.25) is 0 Å². The van der Waals surface area contributed by atoms with Gasteiger partial charge in [-0.2, -0.15) is 0 Å². The maximum atomic E-state index is 6.07. The molecule has 0 radical (unpaired) electrons. The zero-order chi connectivity index (χ0) is 13.3. The van der Waals surface area contributed by atoms with Gasteiger partial charge in [0.2, 0.25) is 0 Å². The lowest BCUT2D eigenvalue weighted by atomic mass is 9.78. The van der Waals surface area contributed by atoms with Crippen molar-refractivity contribution in [1.29, 1.82) is 0 Å². The van der Waals surface area contributed by atoms with Crippen LogP contribution in [-0.2, 0) is 5.41 Å². The van der Waals surface area contributed by atoms with Gasteiger partial charge in [0.25, 0.3) is 0 Å². The third-order valence-electron chi connectivity index (χ3n) is 4.39. The molecule has 104 valence electrons. The van der Waals surface area contributed by atoms with Crippen LogP contribution >= 0.6 is 0 Å². The Kier molecular flexibility index (Phi) is 3.27. The van der Waals surface area contributed by atoms with Crippen molar-refractivity contribution in [1.82, 2.24) is 0 Å². The molecule has 1 fully saturated rings. The Labute approximate surface area is 113 Å². The Bertz CT molecular complexity index is 467. The Morgan fingerprint density at radius 2 is 1.79 bits per heavy atom. The van der Waals surface area contributed by atoms with Crippen molar-refractivity contribution in [2.24, 2.45) is 5.73 Å². The summed E-state index contributed by atoms with van der Waals surface area (Å²) in [5.74, 6) is 2.47. The molecule has 0 spiro atoms. The maximum Gasteiger partial charge on any atom is 0.165 e. The van der Waals surface area contributed by atoms with Crippen LogP contribution in [0.3, 0.4) is 0 Å². The van der Waals surface area contributed by atoms with E-state index in [0.717, 1.165) is 30.1 Å². The molecule has 0 aromatic heterocycles. The molecule has 2 N–H and O–H groups in total. The molecule has 3 rings (SSSR count). The van der Waals surface area contributed by atoms with Crippen LogP contribution in [0.25, 0.3) is 0 Å². The lowest BCUT2D eigenvalue weighted by molar-refractivity contribution is 0.170. The standard InChI is InChI=1S/C15H21NO3/c1-17-12-9-14-13(18-6-7-19-14)8-11(12)15(10-16)4-2-3-5-15/h8-9H,2-7,10,16H2,1H3. The SMILES string of the molecule is COc1cc2c(cc1C1(CN)CCCC1)OCCO2. The minimum atomic E-state index is 0.0428. The van der Waals surface area contributed by atoms with Crippen molar-refractivity contribution in [3.05, 3.63) is 17.7 Å². The van der Waals surface area contributed by atoms with E-state index in [2.05, 4.69) is 6.07 Å². The summed E-state index contributed by atoms with van der Waals surface area (Å²) < 4.78 is 16.9. The van der Waals surface area contributed by atoms with Gasteiger partial charge in [0.15, 0.2) is 11.5 Å². The van der Waals surface area contributed by atoms with Crippen LogP contribution < -0.4 is 19.9 Å². The molecule has 2 aliphatic rings. The van der Waals surface area contributed by atoms with E-state index in [-0.39, 0.29) is 5.41 Å². The van der Waals surface area contributed by atoms with Crippen LogP contribution in [-0.4, -0.2) is 26.9 Å². The molecular formula is C15H21NO3. The molecule has 0 bridgehead atoms. The molecule has 1 heterocycles. The first-order chi connectivity index (χ1) is 9.29. The zero-order valence-electron chi connectivity index (χ0n) is 11.4. The average molecular weight is 263 g/mol. The number of ether oxygens (including phenoxy) is 3. The lowest BCUT2D eigenvalue weighted by Crippen LogP contribution is -2.32. The van der Waals surface area contributed by atoms with Crippen molar-refractivity contribution in [3.8, 4) is 17.2 Å². The van der Waals surface area contributed by atoms with Crippen LogP contribution in [0.2, 0.25) is 0 Å². The predicted octanol–water partition coefficient (Wildman–Crippen LogP) is 2.24. The molecular weight excluding hydrogens is 242 g/mol. The van der Waals surface area contributed by atoms with E-state index in [4.69, 9.17) is 19.9 Å². The summed E-state index contributed by atoms with van der Waals surface area (Å²) in [5.41, 5.74) is 7.30. The number of hydrogen-bond donors (Lipinski definition) is 1. The molecule has 1 saturated carbocycles. The Morgan fingerprint density at radius 1 is 1.16 bits per heavy atom. The van der Waals surface area contributed by atoms with Crippen LogP contribution in [0.4, 0.5) is 0 Å². The van der Waals surface area contributed by atoms with Gasteiger partial charge in [-0.05, 0) is 18.9 Å². The van der Waals surface area contributed by atoms with Crippen LogP contribution in [0.5, 0.6) is 17.2 Å². The van der Waals surface area contributed by atoms with Crippen LogP contribution in [0.1, 0.15) is 31.2 Å². The summed E-state index contributed by atoms with van der Waals surface area (Å²) in [4.78, 5) is 0. The second kappa shape index (κ2) is 4.93. The highest BCUT2D eigenvalue weighted by molar-refractivity contribution is 5.54. The number of methoxy groups -OCH3 is 1. The highest BCUT2D eigenvalue weighted by Gasteiger charge is 2.37. The van der Waals surface area contributed by atoms with Crippen molar-refractivity contribution >= 4 is 0 Å². The quantitative estimate of drug-likeness (QED) is 0.908. The fourth-order valence-corrected chi connectivity index (χ4v) is 3.29. The molecule has 1 aliphatic carbocycles. The monoisotopic (exact) mass is 263 g/mol. The zero-order valence-corrected chi connectivity index (χ0v) is 11.4. The van der Waals surface area contributed by atoms with E-state index in [1.54, 1.807) is 7.11 Å². The number of fused-ring (bicyclic) bond motifs is 1. The Morgan fingerprint density at radius 3 is 2.37 bits per heavy atom. The molecule has 0 unspecified atom stereocenters. The summed E-state index contributed by atoms with van der Waals surface area (Å²) in [6.07, 6.45) is 4.71. The topological polar surface area (TPSA) is 53.7 Å². The number of rotatable bonds is 3. The van der Waals surface area contributed by atoms with Crippen LogP contribution in [0.15, 0.2) is 12.1 Å². The highest BCUT2D eigenvalue weighted by atomic mass is 16.6. The van der Waals surface area contributed by atoms with E-state index in [1.807, 2.05) is 6.07 Å². The van der Waals surface area contributed by atoms with Gasteiger partial charge in [-0.15, -0.1) is 0 Å². The third kappa shape index (κ3) is 2.04. The molecule has 0 saturated heterocycles. The summed E-state index contributed by atoms with van der Waals surface area (Å²) in [6.45, 7) is 1.86. The molecule has 4 heteroatoms. The molecule has 1 aromatic rings. The van der Waals surface area contributed by atoms with Gasteiger partial charge >= 0.3 is 0 Å². The second-order valence-corrected chi connectivity index (χ2v) is 5.39. The van der Waals surface area contributed by atoms with Crippen molar-refractivity contribution in [2.75, 3.05) is 26.9 Å². The largest absolute Gasteiger partial charge is 0.496 e. The first-order valence-corrected chi connectivity index (χ1v) is 6.97. The van der Waals surface area contributed by atoms with E-state index < -0.39 is 0 Å². The van der Waals surface area contributed by atoms with E-state index in [1.165, 1.54) is 18.4 Å². The minimum absolute atomic E-state index is 0.0428. The van der Waals surface area contributed by atoms with Crippen molar-refractivity contribution in [2.45, 2.75) is 31.1 Å². The summed E-state index contributed by atoms with van der Waals surface area (Å²) in [7, 11) is 1.70. The average Bonchev–Trinajstić information content (AvgIpc) is 2.96. The van der Waals surface area contributed by atoms with Gasteiger partial charge in [0.1, 0.15) is 19.0 Å². The summed E-state index contributed by atoms with van der Waals surface area (Å²) in [6, 6.07) is 4.02. The van der Waals surface area contributed by atoms with E-state index >= 15 is 0 Å². The number of nitrogens with two attached hydrogens (primary N) is 1. The fraction of sp³-hybridized carbons (Fsp3) is 0.600. The molecule has 0 amide bonds. The Balaban J connectivity index is 2.08. The van der Waals surface area contributed by atoms with E-state index in [9.17, 15) is 0 Å². The van der Waals surface area contributed by atoms with Crippen LogP contribution in [0, 0.1) is 0 Å². The maximum absolute atomic E-state index is 6.07. The Hall–Kier alpha value is -1.42. The van der Waals surface area contributed by atoms with Gasteiger partial charge in [-0.1, -0.05) is 12.8 Å². The van der Waals surface area contributed by atoms with Gasteiger partial charge in [0.05, 0.1) is 7.11 Å². The van der Waals surface area contributed by atoms with Crippen molar-refractivity contribution < 1.29 is 14.2 Å². The predicted molar refractivity (Wildman–Crippen MR) is 73.2 cm³/mol. The number of benzene rings is 1. The molecule has 1 aromatic carbocycles. The van der Waals surface area contributed by atoms with E-state index in [0.29, 0.717) is 19.8 Å². The third-order valence-corrected chi connectivity index (χ3v) is 4.39.